The number of carbonyl (C=O) groups excluding carboxylic acids is 2. The number of anilines is 1. The quantitative estimate of drug-likeness (QED) is 0.644. The van der Waals surface area contributed by atoms with E-state index in [2.05, 4.69) is 17.2 Å². The lowest BCUT2D eigenvalue weighted by molar-refractivity contribution is -0.119. The van der Waals surface area contributed by atoms with Crippen molar-refractivity contribution in [3.63, 3.8) is 0 Å². The van der Waals surface area contributed by atoms with Gasteiger partial charge in [-0.25, -0.2) is 0 Å². The summed E-state index contributed by atoms with van der Waals surface area (Å²) < 4.78 is 5.40. The molecule has 0 spiro atoms. The predicted molar refractivity (Wildman–Crippen MR) is 125 cm³/mol. The van der Waals surface area contributed by atoms with Gasteiger partial charge < -0.3 is 19.5 Å². The van der Waals surface area contributed by atoms with Gasteiger partial charge in [0.15, 0.2) is 0 Å². The van der Waals surface area contributed by atoms with Crippen molar-refractivity contribution < 1.29 is 14.3 Å². The van der Waals surface area contributed by atoms with Crippen LogP contribution in [0.3, 0.4) is 0 Å². The highest BCUT2D eigenvalue weighted by atomic mass is 16.5. The molecule has 0 bridgehead atoms. The van der Waals surface area contributed by atoms with Crippen molar-refractivity contribution in [3.8, 4) is 5.75 Å². The average Bonchev–Trinajstić information content (AvgIpc) is 3.61. The molecule has 1 N–H and O–H groups in total. The number of fused-ring (bicyclic) bond motifs is 1. The molecule has 6 heteroatoms. The van der Waals surface area contributed by atoms with Gasteiger partial charge in [-0.05, 0) is 67.5 Å². The van der Waals surface area contributed by atoms with Gasteiger partial charge in [0, 0.05) is 43.2 Å². The number of amides is 2. The van der Waals surface area contributed by atoms with Crippen LogP contribution < -0.4 is 9.64 Å². The van der Waals surface area contributed by atoms with Crippen molar-refractivity contribution in [2.75, 3.05) is 32.1 Å². The molecule has 32 heavy (non-hydrogen) atoms. The zero-order valence-electron chi connectivity index (χ0n) is 18.6. The number of nitrogens with one attached hydrogen (secondary N) is 1. The van der Waals surface area contributed by atoms with E-state index in [0.29, 0.717) is 30.3 Å². The molecule has 0 radical (unpaired) electrons. The number of carbonyl (C=O) groups is 2. The number of methoxy groups -OCH3 is 1. The largest absolute Gasteiger partial charge is 0.497 e. The summed E-state index contributed by atoms with van der Waals surface area (Å²) in [6, 6.07) is 13.6. The van der Waals surface area contributed by atoms with Crippen LogP contribution in [0.4, 0.5) is 5.69 Å². The highest BCUT2D eigenvalue weighted by Crippen LogP contribution is 2.36. The zero-order chi connectivity index (χ0) is 22.2. The van der Waals surface area contributed by atoms with Gasteiger partial charge in [0.25, 0.3) is 5.91 Å². The number of H-pyrrole nitrogens is 1. The van der Waals surface area contributed by atoms with Gasteiger partial charge in [-0.2, -0.15) is 0 Å². The highest BCUT2D eigenvalue weighted by Gasteiger charge is 2.34. The number of para-hydroxylation sites is 1. The molecular formula is C26H29N3O3. The molecule has 3 aromatic rings. The van der Waals surface area contributed by atoms with E-state index < -0.39 is 0 Å². The van der Waals surface area contributed by atoms with E-state index in [9.17, 15) is 9.59 Å². The Kier molecular flexibility index (Phi) is 5.37. The summed E-state index contributed by atoms with van der Waals surface area (Å²) in [5, 5.41) is 1.19. The minimum atomic E-state index is 0.00935. The number of likely N-dealkylation sites (tertiary alicyclic amines) is 1. The molecule has 2 amide bonds. The first-order chi connectivity index (χ1) is 15.6. The molecule has 1 aliphatic heterocycles. The number of aromatic nitrogens is 1. The molecule has 2 fully saturated rings. The van der Waals surface area contributed by atoms with Crippen LogP contribution >= 0.6 is 0 Å². The van der Waals surface area contributed by atoms with Gasteiger partial charge in [-0.15, -0.1) is 0 Å². The maximum atomic E-state index is 13.4. The molecule has 1 saturated carbocycles. The van der Waals surface area contributed by atoms with Gasteiger partial charge in [0.2, 0.25) is 5.91 Å². The highest BCUT2D eigenvalue weighted by molar-refractivity contribution is 6.05. The summed E-state index contributed by atoms with van der Waals surface area (Å²) in [5.41, 5.74) is 3.72. The van der Waals surface area contributed by atoms with Gasteiger partial charge >= 0.3 is 0 Å². The standard InChI is InChI=1S/C26H29N3O3/c1-28(25(30)18-7-8-18)24-6-4-3-5-20(24)26(31)29-13-11-17(12-14-29)22-16-27-23-10-9-19(32-2)15-21(22)23/h3-6,9-10,15-18,27H,7-8,11-14H2,1-2H3. The summed E-state index contributed by atoms with van der Waals surface area (Å²) >= 11 is 0. The third kappa shape index (κ3) is 3.74. The Balaban J connectivity index is 1.31. The number of piperidine rings is 1. The van der Waals surface area contributed by atoms with E-state index in [-0.39, 0.29) is 17.7 Å². The minimum absolute atomic E-state index is 0.00935. The third-order valence-electron chi connectivity index (χ3n) is 6.90. The van der Waals surface area contributed by atoms with E-state index in [1.807, 2.05) is 41.3 Å². The Morgan fingerprint density at radius 1 is 1.06 bits per heavy atom. The lowest BCUT2D eigenvalue weighted by Gasteiger charge is -2.33. The monoisotopic (exact) mass is 431 g/mol. The lowest BCUT2D eigenvalue weighted by Crippen LogP contribution is -2.39. The van der Waals surface area contributed by atoms with E-state index >= 15 is 0 Å². The second kappa shape index (κ2) is 8.34. The normalized spacial score (nSPS) is 16.9. The van der Waals surface area contributed by atoms with Crippen LogP contribution in [-0.4, -0.2) is 48.9 Å². The molecule has 1 saturated heterocycles. The van der Waals surface area contributed by atoms with Crippen molar-refractivity contribution in [2.45, 2.75) is 31.6 Å². The van der Waals surface area contributed by atoms with Crippen LogP contribution in [0.5, 0.6) is 5.75 Å². The fourth-order valence-corrected chi connectivity index (χ4v) is 4.82. The van der Waals surface area contributed by atoms with Crippen molar-refractivity contribution in [1.82, 2.24) is 9.88 Å². The van der Waals surface area contributed by atoms with E-state index in [0.717, 1.165) is 36.9 Å². The minimum Gasteiger partial charge on any atom is -0.497 e. The van der Waals surface area contributed by atoms with Crippen LogP contribution in [0.2, 0.25) is 0 Å². The second-order valence-electron chi connectivity index (χ2n) is 8.91. The number of hydrogen-bond donors (Lipinski definition) is 1. The molecule has 1 aromatic heterocycles. The van der Waals surface area contributed by atoms with Crippen LogP contribution in [0.1, 0.15) is 47.5 Å². The number of ether oxygens (including phenoxy) is 1. The SMILES string of the molecule is COc1ccc2[nH]cc(C3CCN(C(=O)c4ccccc4N(C)C(=O)C4CC4)CC3)c2c1. The molecular weight excluding hydrogens is 402 g/mol. The maximum Gasteiger partial charge on any atom is 0.255 e. The Morgan fingerprint density at radius 2 is 1.81 bits per heavy atom. The molecule has 0 unspecified atom stereocenters. The van der Waals surface area contributed by atoms with Crippen LogP contribution in [0, 0.1) is 5.92 Å². The Hall–Kier alpha value is -3.28. The van der Waals surface area contributed by atoms with E-state index in [1.54, 1.807) is 19.1 Å². The van der Waals surface area contributed by atoms with Gasteiger partial charge in [0.05, 0.1) is 18.4 Å². The van der Waals surface area contributed by atoms with Crippen molar-refractivity contribution in [2.24, 2.45) is 5.92 Å². The van der Waals surface area contributed by atoms with E-state index in [1.165, 1.54) is 10.9 Å². The van der Waals surface area contributed by atoms with Crippen LogP contribution in [0.15, 0.2) is 48.7 Å². The summed E-state index contributed by atoms with van der Waals surface area (Å²) in [4.78, 5) is 32.9. The summed E-state index contributed by atoms with van der Waals surface area (Å²) in [5.74, 6) is 1.49. The Labute approximate surface area is 188 Å². The molecule has 0 atom stereocenters. The van der Waals surface area contributed by atoms with Crippen molar-refractivity contribution >= 4 is 28.4 Å². The Morgan fingerprint density at radius 3 is 2.53 bits per heavy atom. The van der Waals surface area contributed by atoms with E-state index in [4.69, 9.17) is 4.74 Å². The van der Waals surface area contributed by atoms with Crippen molar-refractivity contribution in [1.29, 1.82) is 0 Å². The topological polar surface area (TPSA) is 65.6 Å². The second-order valence-corrected chi connectivity index (χ2v) is 8.91. The molecule has 2 heterocycles. The number of benzene rings is 2. The van der Waals surface area contributed by atoms with Gasteiger partial charge in [-0.1, -0.05) is 12.1 Å². The fourth-order valence-electron chi connectivity index (χ4n) is 4.82. The Bertz CT molecular complexity index is 1160. The zero-order valence-corrected chi connectivity index (χ0v) is 18.6. The fraction of sp³-hybridized carbons (Fsp3) is 0.385. The molecule has 1 aliphatic carbocycles. The van der Waals surface area contributed by atoms with Crippen LogP contribution in [-0.2, 0) is 4.79 Å². The number of rotatable bonds is 5. The summed E-state index contributed by atoms with van der Waals surface area (Å²) in [6.07, 6.45) is 5.82. The van der Waals surface area contributed by atoms with Gasteiger partial charge in [0.1, 0.15) is 5.75 Å². The summed E-state index contributed by atoms with van der Waals surface area (Å²) in [7, 11) is 3.47. The predicted octanol–water partition coefficient (Wildman–Crippen LogP) is 4.57. The van der Waals surface area contributed by atoms with Crippen molar-refractivity contribution in [3.05, 3.63) is 59.8 Å². The first-order valence-electron chi connectivity index (χ1n) is 11.4. The molecule has 6 nitrogen and oxygen atoms in total. The first kappa shape index (κ1) is 20.6. The average molecular weight is 432 g/mol. The molecule has 166 valence electrons. The smallest absolute Gasteiger partial charge is 0.255 e. The maximum absolute atomic E-state index is 13.4. The number of nitrogens with zero attached hydrogens (tertiary/aromatic N) is 2. The number of aromatic amines is 1. The lowest BCUT2D eigenvalue weighted by atomic mass is 9.89. The molecule has 5 rings (SSSR count). The molecule has 2 aliphatic rings. The summed E-state index contributed by atoms with van der Waals surface area (Å²) in [6.45, 7) is 1.41. The van der Waals surface area contributed by atoms with Crippen LogP contribution in [0.25, 0.3) is 10.9 Å². The molecule has 2 aromatic carbocycles. The number of hydrogen-bond acceptors (Lipinski definition) is 3. The third-order valence-corrected chi connectivity index (χ3v) is 6.90. The van der Waals surface area contributed by atoms with Gasteiger partial charge in [-0.3, -0.25) is 9.59 Å². The first-order valence-corrected chi connectivity index (χ1v) is 11.4.